The Labute approximate surface area is 121 Å². The van der Waals surface area contributed by atoms with Crippen LogP contribution in [0.5, 0.6) is 0 Å². The fourth-order valence-electron chi connectivity index (χ4n) is 1.81. The molecule has 20 heavy (non-hydrogen) atoms. The van der Waals surface area contributed by atoms with Crippen LogP contribution in [0.4, 0.5) is 4.39 Å². The molecule has 0 aliphatic carbocycles. The Morgan fingerprint density at radius 2 is 2.30 bits per heavy atom. The summed E-state index contributed by atoms with van der Waals surface area (Å²) in [6.45, 7) is -0.375. The number of hydrogen-bond acceptors (Lipinski definition) is 4. The average molecular weight is 315 g/mol. The molecule has 1 heterocycles. The van der Waals surface area contributed by atoms with Gasteiger partial charge in [0.15, 0.2) is 0 Å². The van der Waals surface area contributed by atoms with Gasteiger partial charge in [0.05, 0.1) is 10.5 Å². The van der Waals surface area contributed by atoms with Crippen molar-refractivity contribution in [3.05, 3.63) is 29.6 Å². The Balaban J connectivity index is 2.21. The summed E-state index contributed by atoms with van der Waals surface area (Å²) in [5.74, 6) is 5.69. The highest BCUT2D eigenvalue weighted by Crippen LogP contribution is 2.20. The summed E-state index contributed by atoms with van der Waals surface area (Å²) >= 11 is 1.69. The summed E-state index contributed by atoms with van der Waals surface area (Å²) in [5.41, 5.74) is 0.0643. The fraction of sp³-hybridized carbons (Fsp3) is 0.385. The Morgan fingerprint density at radius 1 is 1.50 bits per heavy atom. The molecule has 108 valence electrons. The highest BCUT2D eigenvalue weighted by Gasteiger charge is 2.23. The second-order valence-electron chi connectivity index (χ2n) is 4.28. The van der Waals surface area contributed by atoms with Crippen LogP contribution in [-0.4, -0.2) is 37.7 Å². The van der Waals surface area contributed by atoms with Gasteiger partial charge >= 0.3 is 0 Å². The first-order valence-corrected chi connectivity index (χ1v) is 8.66. The van der Waals surface area contributed by atoms with Crippen molar-refractivity contribution in [2.45, 2.75) is 17.4 Å². The largest absolute Gasteiger partial charge is 0.384 e. The topological polar surface area (TPSA) is 66.4 Å². The van der Waals surface area contributed by atoms with E-state index in [0.29, 0.717) is 0 Å². The van der Waals surface area contributed by atoms with Crippen molar-refractivity contribution in [3.8, 4) is 11.8 Å². The lowest BCUT2D eigenvalue weighted by Gasteiger charge is -2.12. The van der Waals surface area contributed by atoms with Crippen molar-refractivity contribution >= 4 is 21.8 Å². The van der Waals surface area contributed by atoms with Crippen LogP contribution in [0, 0.1) is 17.7 Å². The number of thioether (sulfide) groups is 1. The van der Waals surface area contributed by atoms with Crippen molar-refractivity contribution in [1.82, 2.24) is 4.72 Å². The average Bonchev–Trinajstić information content (AvgIpc) is 2.89. The standard InChI is InChI=1S/C13H14FNO3S2/c14-13-8-12(4-3-10(13)2-1-6-16)20(17,18)15-11-5-7-19-9-11/h3-4,8,11,15-16H,5-7,9H2. The quantitative estimate of drug-likeness (QED) is 0.815. The first kappa shape index (κ1) is 15.3. The molecular formula is C13H14FNO3S2. The Morgan fingerprint density at radius 3 is 2.90 bits per heavy atom. The van der Waals surface area contributed by atoms with Gasteiger partial charge in [-0.1, -0.05) is 11.8 Å². The molecule has 0 aromatic heterocycles. The molecule has 0 bridgehead atoms. The number of nitrogens with one attached hydrogen (secondary N) is 1. The maximum Gasteiger partial charge on any atom is 0.240 e. The predicted octanol–water partition coefficient (Wildman–Crippen LogP) is 0.953. The van der Waals surface area contributed by atoms with Gasteiger partial charge in [-0.15, -0.1) is 0 Å². The number of rotatable bonds is 3. The predicted molar refractivity (Wildman–Crippen MR) is 76.4 cm³/mol. The maximum absolute atomic E-state index is 13.7. The SMILES string of the molecule is O=S(=O)(NC1CCSC1)c1ccc(C#CCO)c(F)c1. The number of sulfonamides is 1. The van der Waals surface area contributed by atoms with Gasteiger partial charge in [0, 0.05) is 11.8 Å². The maximum atomic E-state index is 13.7. The van der Waals surface area contributed by atoms with E-state index in [2.05, 4.69) is 16.6 Å². The van der Waals surface area contributed by atoms with E-state index in [1.807, 2.05) is 0 Å². The van der Waals surface area contributed by atoms with Gasteiger partial charge in [-0.05, 0) is 30.4 Å². The molecule has 1 aromatic rings. The molecule has 1 aromatic carbocycles. The molecule has 1 fully saturated rings. The lowest BCUT2D eigenvalue weighted by molar-refractivity contribution is 0.350. The molecule has 1 atom stereocenters. The van der Waals surface area contributed by atoms with Crippen molar-refractivity contribution in [2.75, 3.05) is 18.1 Å². The number of benzene rings is 1. The summed E-state index contributed by atoms with van der Waals surface area (Å²) in [5, 5.41) is 8.56. The number of halogens is 1. The molecule has 0 radical (unpaired) electrons. The van der Waals surface area contributed by atoms with E-state index < -0.39 is 15.8 Å². The zero-order chi connectivity index (χ0) is 14.6. The molecular weight excluding hydrogens is 301 g/mol. The van der Waals surface area contributed by atoms with E-state index in [-0.39, 0.29) is 23.1 Å². The van der Waals surface area contributed by atoms with Gasteiger partial charge in [0.1, 0.15) is 12.4 Å². The van der Waals surface area contributed by atoms with Crippen LogP contribution in [0.15, 0.2) is 23.1 Å². The summed E-state index contributed by atoms with van der Waals surface area (Å²) in [4.78, 5) is -0.110. The van der Waals surface area contributed by atoms with Crippen LogP contribution in [-0.2, 0) is 10.0 Å². The minimum atomic E-state index is -3.70. The molecule has 1 saturated heterocycles. The fourth-order valence-corrected chi connectivity index (χ4v) is 4.35. The third-order valence-corrected chi connectivity index (χ3v) is 5.49. The van der Waals surface area contributed by atoms with E-state index >= 15 is 0 Å². The van der Waals surface area contributed by atoms with E-state index in [1.54, 1.807) is 11.8 Å². The summed E-state index contributed by atoms with van der Waals surface area (Å²) < 4.78 is 40.5. The smallest absolute Gasteiger partial charge is 0.240 e. The molecule has 1 unspecified atom stereocenters. The zero-order valence-corrected chi connectivity index (χ0v) is 12.2. The summed E-state index contributed by atoms with van der Waals surface area (Å²) in [6.07, 6.45) is 0.784. The minimum absolute atomic E-state index is 0.0643. The van der Waals surface area contributed by atoms with Crippen molar-refractivity contribution in [1.29, 1.82) is 0 Å². The third-order valence-electron chi connectivity index (χ3n) is 2.80. The van der Waals surface area contributed by atoms with Gasteiger partial charge in [0.2, 0.25) is 10.0 Å². The van der Waals surface area contributed by atoms with Crippen LogP contribution < -0.4 is 4.72 Å². The van der Waals surface area contributed by atoms with Crippen LogP contribution >= 0.6 is 11.8 Å². The van der Waals surface area contributed by atoms with Crippen LogP contribution in [0.3, 0.4) is 0 Å². The summed E-state index contributed by atoms with van der Waals surface area (Å²) in [7, 11) is -3.70. The van der Waals surface area contributed by atoms with E-state index in [1.165, 1.54) is 12.1 Å². The van der Waals surface area contributed by atoms with Crippen LogP contribution in [0.1, 0.15) is 12.0 Å². The molecule has 7 heteroatoms. The molecule has 4 nitrogen and oxygen atoms in total. The van der Waals surface area contributed by atoms with Gasteiger partial charge in [-0.2, -0.15) is 11.8 Å². The van der Waals surface area contributed by atoms with Crippen molar-refractivity contribution in [3.63, 3.8) is 0 Å². The van der Waals surface area contributed by atoms with Crippen LogP contribution in [0.2, 0.25) is 0 Å². The lowest BCUT2D eigenvalue weighted by Crippen LogP contribution is -2.34. The van der Waals surface area contributed by atoms with Gasteiger partial charge in [-0.3, -0.25) is 0 Å². The molecule has 1 aliphatic heterocycles. The minimum Gasteiger partial charge on any atom is -0.384 e. The molecule has 1 aliphatic rings. The highest BCUT2D eigenvalue weighted by molar-refractivity contribution is 7.99. The number of hydrogen-bond donors (Lipinski definition) is 2. The van der Waals surface area contributed by atoms with E-state index in [9.17, 15) is 12.8 Å². The van der Waals surface area contributed by atoms with Gasteiger partial charge < -0.3 is 5.11 Å². The molecule has 0 spiro atoms. The normalized spacial score (nSPS) is 18.6. The summed E-state index contributed by atoms with van der Waals surface area (Å²) in [6, 6.07) is 3.47. The Bertz CT molecular complexity index is 643. The highest BCUT2D eigenvalue weighted by atomic mass is 32.2. The number of aliphatic hydroxyl groups is 1. The molecule has 2 rings (SSSR count). The third kappa shape index (κ3) is 3.73. The first-order chi connectivity index (χ1) is 9.53. The van der Waals surface area contributed by atoms with E-state index in [0.717, 1.165) is 24.0 Å². The van der Waals surface area contributed by atoms with Crippen LogP contribution in [0.25, 0.3) is 0 Å². The van der Waals surface area contributed by atoms with Crippen molar-refractivity contribution < 1.29 is 17.9 Å². The lowest BCUT2D eigenvalue weighted by atomic mass is 10.2. The second-order valence-corrected chi connectivity index (χ2v) is 7.15. The zero-order valence-electron chi connectivity index (χ0n) is 10.6. The first-order valence-electron chi connectivity index (χ1n) is 6.02. The second kappa shape index (κ2) is 6.59. The Kier molecular flexibility index (Phi) is 5.05. The van der Waals surface area contributed by atoms with Gasteiger partial charge in [0.25, 0.3) is 0 Å². The van der Waals surface area contributed by atoms with E-state index in [4.69, 9.17) is 5.11 Å². The molecule has 2 N–H and O–H groups in total. The molecule has 0 amide bonds. The molecule has 0 saturated carbocycles. The van der Waals surface area contributed by atoms with Gasteiger partial charge in [-0.25, -0.2) is 17.5 Å². The monoisotopic (exact) mass is 315 g/mol. The number of aliphatic hydroxyl groups excluding tert-OH is 1. The Hall–Kier alpha value is -1.07. The van der Waals surface area contributed by atoms with Crippen molar-refractivity contribution in [2.24, 2.45) is 0 Å².